The van der Waals surface area contributed by atoms with Crippen LogP contribution in [0.25, 0.3) is 0 Å². The molecule has 0 aliphatic carbocycles. The van der Waals surface area contributed by atoms with Gasteiger partial charge in [0.05, 0.1) is 0 Å². The third-order valence-corrected chi connectivity index (χ3v) is 1.33. The minimum Gasteiger partial charge on any atom is -0.328 e. The summed E-state index contributed by atoms with van der Waals surface area (Å²) < 4.78 is 44.7. The van der Waals surface area contributed by atoms with E-state index in [4.69, 9.17) is 14.0 Å². The van der Waals surface area contributed by atoms with Crippen molar-refractivity contribution in [2.45, 2.75) is 26.2 Å². The Bertz CT molecular complexity index is 398. The predicted octanol–water partition coefficient (Wildman–Crippen LogP) is 2.31. The molecule has 0 bridgehead atoms. The summed E-state index contributed by atoms with van der Waals surface area (Å²) in [6.45, 7) is -1.07. The van der Waals surface area contributed by atoms with E-state index in [9.17, 15) is 0 Å². The molecule has 0 aliphatic heterocycles. The van der Waals surface area contributed by atoms with E-state index in [0.29, 0.717) is 0 Å². The lowest BCUT2D eigenvalue weighted by Gasteiger charge is -2.04. The van der Waals surface area contributed by atoms with Crippen molar-refractivity contribution in [1.29, 1.82) is 0 Å². The van der Waals surface area contributed by atoms with E-state index in [2.05, 4.69) is 0 Å². The van der Waals surface area contributed by atoms with E-state index in [0.717, 1.165) is 5.56 Å². The molecule has 1 aromatic rings. The fraction of sp³-hybridized carbons (Fsp3) is 0.400. The minimum absolute atomic E-state index is 0. The quantitative estimate of drug-likeness (QED) is 0.763. The summed E-state index contributed by atoms with van der Waals surface area (Å²) in [4.78, 5) is 0. The first-order valence-corrected chi connectivity index (χ1v) is 3.36. The van der Waals surface area contributed by atoms with Gasteiger partial charge in [-0.3, -0.25) is 0 Å². The number of benzene rings is 1. The van der Waals surface area contributed by atoms with Gasteiger partial charge in [0.15, 0.2) is 0 Å². The Labute approximate surface area is 88.8 Å². The van der Waals surface area contributed by atoms with Crippen LogP contribution in [-0.4, -0.2) is 6.02 Å². The Morgan fingerprint density at radius 3 is 2.67 bits per heavy atom. The molecule has 1 rings (SSSR count). The van der Waals surface area contributed by atoms with Crippen LogP contribution in [-0.2, 0) is 6.37 Å². The molecule has 1 nitrogen and oxygen atoms in total. The standard InChI is InChI=1S/C10H15N.ClH/c1-8-3-5-10(6-4-8)7-9(2)11;/h3-6,9H,7,11H2,1-2H3;1H/i2D3,7D2,9D;. The van der Waals surface area contributed by atoms with Crippen LogP contribution in [0.1, 0.15) is 26.2 Å². The van der Waals surface area contributed by atoms with E-state index in [1.165, 1.54) is 12.1 Å². The van der Waals surface area contributed by atoms with Gasteiger partial charge in [-0.05, 0) is 25.7 Å². The van der Waals surface area contributed by atoms with Gasteiger partial charge in [0.25, 0.3) is 0 Å². The van der Waals surface area contributed by atoms with Gasteiger partial charge in [-0.25, -0.2) is 0 Å². The molecule has 0 fully saturated rings. The summed E-state index contributed by atoms with van der Waals surface area (Å²) in [5, 5.41) is 0. The highest BCUT2D eigenvalue weighted by Gasteiger charge is 1.95. The SMILES string of the molecule is Cl.[2H]C([2H])([2H])C([2H])(N)C([2H])([2H])c1ccc(C)cc1. The smallest absolute Gasteiger partial charge is 0.0463 e. The molecule has 0 amide bonds. The molecular formula is C10H16ClN. The van der Waals surface area contributed by atoms with Crippen molar-refractivity contribution in [3.63, 3.8) is 0 Å². The maximum atomic E-state index is 7.79. The third-order valence-electron chi connectivity index (χ3n) is 1.33. The van der Waals surface area contributed by atoms with Gasteiger partial charge in [-0.15, -0.1) is 12.4 Å². The largest absolute Gasteiger partial charge is 0.328 e. The fourth-order valence-electron chi connectivity index (χ4n) is 0.792. The Morgan fingerprint density at radius 2 is 2.17 bits per heavy atom. The summed E-state index contributed by atoms with van der Waals surface area (Å²) in [5.74, 6) is 0. The molecule has 1 unspecified atom stereocenters. The molecule has 0 aromatic heterocycles. The second-order valence-electron chi connectivity index (χ2n) is 2.40. The molecule has 0 saturated carbocycles. The van der Waals surface area contributed by atoms with Gasteiger partial charge in [0.2, 0.25) is 0 Å². The maximum Gasteiger partial charge on any atom is 0.0463 e. The lowest BCUT2D eigenvalue weighted by Crippen LogP contribution is -2.17. The van der Waals surface area contributed by atoms with Crippen LogP contribution in [0.3, 0.4) is 0 Å². The van der Waals surface area contributed by atoms with Crippen molar-refractivity contribution < 1.29 is 8.22 Å². The minimum atomic E-state index is -2.90. The number of aryl methyl sites for hydroxylation is 1. The van der Waals surface area contributed by atoms with E-state index >= 15 is 0 Å². The number of halogens is 1. The molecule has 12 heavy (non-hydrogen) atoms. The number of hydrogen-bond donors (Lipinski definition) is 1. The number of nitrogens with two attached hydrogens (primary N) is 1. The van der Waals surface area contributed by atoms with Crippen LogP contribution < -0.4 is 5.73 Å². The molecule has 2 heteroatoms. The molecule has 68 valence electrons. The summed E-state index contributed by atoms with van der Waals surface area (Å²) >= 11 is 0. The molecular weight excluding hydrogens is 170 g/mol. The lowest BCUT2D eigenvalue weighted by atomic mass is 10.1. The monoisotopic (exact) mass is 191 g/mol. The van der Waals surface area contributed by atoms with Crippen molar-refractivity contribution in [2.24, 2.45) is 5.73 Å². The Kier molecular flexibility index (Phi) is 2.00. The Hall–Kier alpha value is -0.530. The molecule has 0 aliphatic rings. The summed E-state index contributed by atoms with van der Waals surface area (Å²) in [6, 6.07) is 3.54. The van der Waals surface area contributed by atoms with E-state index < -0.39 is 19.2 Å². The van der Waals surface area contributed by atoms with Crippen molar-refractivity contribution >= 4 is 12.4 Å². The van der Waals surface area contributed by atoms with Crippen molar-refractivity contribution in [2.75, 3.05) is 0 Å². The molecule has 1 atom stereocenters. The Morgan fingerprint density at radius 1 is 1.58 bits per heavy atom. The second-order valence-corrected chi connectivity index (χ2v) is 2.40. The third kappa shape index (κ3) is 3.74. The van der Waals surface area contributed by atoms with Gasteiger partial charge in [-0.1, -0.05) is 29.8 Å². The number of rotatable bonds is 2. The van der Waals surface area contributed by atoms with Gasteiger partial charge in [0, 0.05) is 14.2 Å². The molecule has 2 N–H and O–H groups in total. The topological polar surface area (TPSA) is 26.0 Å². The maximum absolute atomic E-state index is 7.79. The normalized spacial score (nSPS) is 24.2. The summed E-state index contributed by atoms with van der Waals surface area (Å²) in [7, 11) is 0. The van der Waals surface area contributed by atoms with Gasteiger partial charge in [0.1, 0.15) is 0 Å². The molecule has 0 radical (unpaired) electrons. The zero-order chi connectivity index (χ0) is 13.5. The first kappa shape index (κ1) is 4.64. The van der Waals surface area contributed by atoms with Gasteiger partial charge < -0.3 is 5.73 Å². The fourth-order valence-corrected chi connectivity index (χ4v) is 0.792. The van der Waals surface area contributed by atoms with Crippen LogP contribution in [0.2, 0.25) is 0 Å². The van der Waals surface area contributed by atoms with Crippen LogP contribution in [0.15, 0.2) is 24.3 Å². The average molecular weight is 192 g/mol. The van der Waals surface area contributed by atoms with E-state index in [1.807, 2.05) is 6.92 Å². The Balaban J connectivity index is 0.00000289. The summed E-state index contributed by atoms with van der Waals surface area (Å²) in [6.07, 6.45) is -2.45. The van der Waals surface area contributed by atoms with E-state index in [-0.39, 0.29) is 18.0 Å². The second kappa shape index (κ2) is 5.18. The van der Waals surface area contributed by atoms with Crippen LogP contribution in [0.5, 0.6) is 0 Å². The molecule has 0 heterocycles. The van der Waals surface area contributed by atoms with Gasteiger partial charge >= 0.3 is 0 Å². The summed E-state index contributed by atoms with van der Waals surface area (Å²) in [5.41, 5.74) is 6.39. The highest BCUT2D eigenvalue weighted by Crippen LogP contribution is 2.04. The average Bonchev–Trinajstić information content (AvgIpc) is 2.16. The van der Waals surface area contributed by atoms with Crippen molar-refractivity contribution in [3.8, 4) is 0 Å². The van der Waals surface area contributed by atoms with E-state index in [1.54, 1.807) is 12.1 Å². The van der Waals surface area contributed by atoms with Crippen LogP contribution >= 0.6 is 12.4 Å². The van der Waals surface area contributed by atoms with Crippen LogP contribution in [0, 0.1) is 6.92 Å². The zero-order valence-electron chi connectivity index (χ0n) is 12.8. The molecule has 0 saturated heterocycles. The van der Waals surface area contributed by atoms with Crippen molar-refractivity contribution in [3.05, 3.63) is 35.4 Å². The molecule has 0 spiro atoms. The highest BCUT2D eigenvalue weighted by molar-refractivity contribution is 5.85. The molecule has 1 aromatic carbocycles. The first-order chi connectivity index (χ1) is 7.50. The van der Waals surface area contributed by atoms with Crippen LogP contribution in [0.4, 0.5) is 0 Å². The van der Waals surface area contributed by atoms with Crippen molar-refractivity contribution in [1.82, 2.24) is 0 Å². The predicted molar refractivity (Wildman–Crippen MR) is 55.8 cm³/mol. The number of hydrogen-bond acceptors (Lipinski definition) is 1. The van der Waals surface area contributed by atoms with Gasteiger partial charge in [-0.2, -0.15) is 0 Å². The highest BCUT2D eigenvalue weighted by atomic mass is 35.5. The lowest BCUT2D eigenvalue weighted by molar-refractivity contribution is 0.738. The first-order valence-electron chi connectivity index (χ1n) is 6.36. The zero-order valence-corrected chi connectivity index (χ0v) is 7.61.